The lowest BCUT2D eigenvalue weighted by molar-refractivity contribution is -0.145. The smallest absolute Gasteiger partial charge is 0.355 e. The number of alkyl halides is 3. The number of hydrogen-bond acceptors (Lipinski definition) is 5. The summed E-state index contributed by atoms with van der Waals surface area (Å²) in [6, 6.07) is 8.58. The van der Waals surface area contributed by atoms with Crippen molar-refractivity contribution in [2.75, 3.05) is 14.1 Å². The largest absolute Gasteiger partial charge is 0.433 e. The van der Waals surface area contributed by atoms with Crippen LogP contribution in [0.4, 0.5) is 26.3 Å². The highest BCUT2D eigenvalue weighted by Gasteiger charge is 2.42. The normalized spacial score (nSPS) is 13.9. The fraction of sp³-hybridized carbons (Fsp3) is 0.267. The number of nitrogens with zero attached hydrogens (tertiary/aromatic N) is 4. The van der Waals surface area contributed by atoms with Gasteiger partial charge >= 0.3 is 6.18 Å². The summed E-state index contributed by atoms with van der Waals surface area (Å²) in [4.78, 5) is 31.6. The van der Waals surface area contributed by atoms with Gasteiger partial charge in [0.1, 0.15) is 29.7 Å². The Bertz CT molecular complexity index is 1720. The van der Waals surface area contributed by atoms with Crippen molar-refractivity contribution in [3.05, 3.63) is 106 Å². The van der Waals surface area contributed by atoms with Crippen molar-refractivity contribution in [1.29, 1.82) is 0 Å². The maximum atomic E-state index is 14.4. The Kier molecular flexibility index (Phi) is 8.46. The third-order valence-electron chi connectivity index (χ3n) is 7.16. The number of carbonyl (C=O) groups is 2. The number of amides is 2. The molecule has 3 heterocycles. The first-order valence-electron chi connectivity index (χ1n) is 13.4. The predicted octanol–water partition coefficient (Wildman–Crippen LogP) is 4.79. The topological polar surface area (TPSA) is 92.2 Å². The number of rotatable bonds is 8. The first-order valence-corrected chi connectivity index (χ1v) is 13.4. The zero-order valence-corrected chi connectivity index (χ0v) is 23.5. The van der Waals surface area contributed by atoms with Gasteiger partial charge in [-0.15, -0.1) is 0 Å². The van der Waals surface area contributed by atoms with Crippen LogP contribution in [-0.2, 0) is 37.0 Å². The molecule has 14 heteroatoms. The summed E-state index contributed by atoms with van der Waals surface area (Å²) < 4.78 is 85.3. The van der Waals surface area contributed by atoms with Crippen molar-refractivity contribution >= 4 is 11.8 Å². The van der Waals surface area contributed by atoms with Crippen LogP contribution >= 0.6 is 0 Å². The third kappa shape index (κ3) is 6.44. The summed E-state index contributed by atoms with van der Waals surface area (Å²) in [5, 5.41) is 9.05. The summed E-state index contributed by atoms with van der Waals surface area (Å²) >= 11 is 0. The molecule has 44 heavy (non-hydrogen) atoms. The first-order chi connectivity index (χ1) is 20.8. The van der Waals surface area contributed by atoms with E-state index in [9.17, 15) is 35.9 Å². The van der Waals surface area contributed by atoms with Crippen molar-refractivity contribution in [2.45, 2.75) is 38.3 Å². The summed E-state index contributed by atoms with van der Waals surface area (Å²) in [5.41, 5.74) is -0.0923. The Hall–Kier alpha value is -4.72. The van der Waals surface area contributed by atoms with Crippen LogP contribution in [0.1, 0.15) is 44.6 Å². The van der Waals surface area contributed by atoms with Crippen LogP contribution in [0.3, 0.4) is 0 Å². The molecule has 0 aliphatic carbocycles. The molecule has 4 aromatic rings. The molecule has 0 bridgehead atoms. The second kappa shape index (κ2) is 12.1. The first kappa shape index (κ1) is 30.7. The molecule has 2 amide bonds. The van der Waals surface area contributed by atoms with Crippen LogP contribution in [0.5, 0.6) is 0 Å². The Morgan fingerprint density at radius 3 is 2.43 bits per heavy atom. The van der Waals surface area contributed by atoms with Gasteiger partial charge < -0.3 is 10.6 Å². The standard InChI is InChI=1S/C30H26F6N6O2/c1-37-29(44)21-11-17(5-6-23(21)33)20-4-3-7-38-27(20)24(10-16-8-18(31)12-19(32)9-16)39-26(43)15-42-28(30(34,35)36)22-13-41(2)14-25(22)40-42/h3-9,11-12,24H,10,13-15H2,1-2H3,(H,37,44)(H,39,43)/t24-/m0/s1. The summed E-state index contributed by atoms with van der Waals surface area (Å²) in [6.07, 6.45) is -3.59. The van der Waals surface area contributed by atoms with E-state index >= 15 is 0 Å². The molecule has 1 atom stereocenters. The average molecular weight is 617 g/mol. The molecule has 0 radical (unpaired) electrons. The molecule has 0 spiro atoms. The van der Waals surface area contributed by atoms with Gasteiger partial charge in [-0.1, -0.05) is 12.1 Å². The molecule has 0 unspecified atom stereocenters. The molecule has 0 saturated heterocycles. The van der Waals surface area contributed by atoms with Crippen molar-refractivity contribution in [3.8, 4) is 11.1 Å². The van der Waals surface area contributed by atoms with E-state index in [0.717, 1.165) is 18.2 Å². The van der Waals surface area contributed by atoms with Crippen LogP contribution in [0, 0.1) is 17.5 Å². The number of benzene rings is 2. The molecule has 0 saturated carbocycles. The highest BCUT2D eigenvalue weighted by atomic mass is 19.4. The van der Waals surface area contributed by atoms with E-state index in [2.05, 4.69) is 20.7 Å². The van der Waals surface area contributed by atoms with Gasteiger partial charge in [-0.2, -0.15) is 18.3 Å². The number of aromatic nitrogens is 3. The Morgan fingerprint density at radius 1 is 1.02 bits per heavy atom. The number of carbonyl (C=O) groups excluding carboxylic acids is 2. The van der Waals surface area contributed by atoms with Crippen LogP contribution in [-0.4, -0.2) is 45.6 Å². The van der Waals surface area contributed by atoms with Crippen molar-refractivity contribution in [1.82, 2.24) is 30.3 Å². The fourth-order valence-corrected chi connectivity index (χ4v) is 5.35. The monoisotopic (exact) mass is 616 g/mol. The predicted molar refractivity (Wildman–Crippen MR) is 146 cm³/mol. The van der Waals surface area contributed by atoms with Gasteiger partial charge in [-0.05, 0) is 54.9 Å². The lowest BCUT2D eigenvalue weighted by Crippen LogP contribution is -2.35. The van der Waals surface area contributed by atoms with Crippen molar-refractivity contribution in [2.24, 2.45) is 0 Å². The van der Waals surface area contributed by atoms with Gasteiger partial charge in [-0.3, -0.25) is 24.2 Å². The number of pyridine rings is 1. The van der Waals surface area contributed by atoms with E-state index in [4.69, 9.17) is 0 Å². The van der Waals surface area contributed by atoms with Gasteiger partial charge in [0.2, 0.25) is 5.91 Å². The Balaban J connectivity index is 1.53. The minimum Gasteiger partial charge on any atom is -0.355 e. The molecule has 5 rings (SSSR count). The summed E-state index contributed by atoms with van der Waals surface area (Å²) in [7, 11) is 2.99. The zero-order valence-electron chi connectivity index (χ0n) is 23.5. The maximum absolute atomic E-state index is 14.4. The zero-order chi connectivity index (χ0) is 31.8. The minimum atomic E-state index is -4.77. The van der Waals surface area contributed by atoms with Gasteiger partial charge in [0, 0.05) is 43.5 Å². The molecule has 1 aliphatic heterocycles. The molecule has 1 aliphatic rings. The SMILES string of the molecule is CNC(=O)c1cc(-c2cccnc2[C@H](Cc2cc(F)cc(F)c2)NC(=O)Cn2nc3c(c2C(F)(F)F)CN(C)C3)ccc1F. The quantitative estimate of drug-likeness (QED) is 0.278. The fourth-order valence-electron chi connectivity index (χ4n) is 5.35. The number of fused-ring (bicyclic) bond motifs is 1. The number of nitrogens with one attached hydrogen (secondary N) is 2. The van der Waals surface area contributed by atoms with Crippen molar-refractivity contribution < 1.29 is 35.9 Å². The van der Waals surface area contributed by atoms with Gasteiger partial charge in [0.15, 0.2) is 0 Å². The van der Waals surface area contributed by atoms with Gasteiger partial charge in [0.05, 0.1) is 23.0 Å². The van der Waals surface area contributed by atoms with E-state index in [-0.39, 0.29) is 47.6 Å². The highest BCUT2D eigenvalue weighted by Crippen LogP contribution is 2.37. The Labute approximate surface area is 247 Å². The molecular weight excluding hydrogens is 590 g/mol. The summed E-state index contributed by atoms with van der Waals surface area (Å²) in [6.45, 7) is -0.584. The second-order valence-corrected chi connectivity index (χ2v) is 10.4. The molecule has 8 nitrogen and oxygen atoms in total. The van der Waals surface area contributed by atoms with Gasteiger partial charge in [-0.25, -0.2) is 13.2 Å². The van der Waals surface area contributed by atoms with Crippen molar-refractivity contribution in [3.63, 3.8) is 0 Å². The van der Waals surface area contributed by atoms with Crippen LogP contribution in [0.2, 0.25) is 0 Å². The van der Waals surface area contributed by atoms with E-state index in [0.29, 0.717) is 21.9 Å². The average Bonchev–Trinajstić information content (AvgIpc) is 3.46. The summed E-state index contributed by atoms with van der Waals surface area (Å²) in [5.74, 6) is -4.07. The molecule has 2 aromatic heterocycles. The lowest BCUT2D eigenvalue weighted by Gasteiger charge is -2.22. The maximum Gasteiger partial charge on any atom is 0.433 e. The van der Waals surface area contributed by atoms with E-state index in [1.54, 1.807) is 24.1 Å². The molecular formula is C30H26F6N6O2. The lowest BCUT2D eigenvalue weighted by atomic mass is 9.94. The van der Waals surface area contributed by atoms with Gasteiger partial charge in [0.25, 0.3) is 5.91 Å². The molecule has 2 aromatic carbocycles. The number of hydrogen-bond donors (Lipinski definition) is 2. The van der Waals surface area contributed by atoms with Crippen LogP contribution < -0.4 is 10.6 Å². The van der Waals surface area contributed by atoms with Crippen LogP contribution in [0.25, 0.3) is 11.1 Å². The van der Waals surface area contributed by atoms with E-state index < -0.39 is 53.7 Å². The second-order valence-electron chi connectivity index (χ2n) is 10.4. The van der Waals surface area contributed by atoms with Crippen LogP contribution in [0.15, 0.2) is 54.7 Å². The van der Waals surface area contributed by atoms with E-state index in [1.807, 2.05) is 0 Å². The molecule has 2 N–H and O–H groups in total. The third-order valence-corrected chi connectivity index (χ3v) is 7.16. The highest BCUT2D eigenvalue weighted by molar-refractivity contribution is 5.95. The van der Waals surface area contributed by atoms with E-state index in [1.165, 1.54) is 25.4 Å². The molecule has 0 fully saturated rings. The number of halogens is 6. The Morgan fingerprint density at radius 2 is 1.75 bits per heavy atom. The minimum absolute atomic E-state index is 0.00479. The molecule has 230 valence electrons.